The number of likely N-dealkylation sites (tertiary alicyclic amines) is 1. The minimum absolute atomic E-state index is 0.0331. The predicted octanol–water partition coefficient (Wildman–Crippen LogP) is 3.13. The molecule has 2 aromatic carbocycles. The van der Waals surface area contributed by atoms with E-state index in [-0.39, 0.29) is 17.9 Å². The molecule has 7 nitrogen and oxygen atoms in total. The fraction of sp³-hybridized carbons (Fsp3) is 0.318. The van der Waals surface area contributed by atoms with Crippen molar-refractivity contribution in [1.29, 1.82) is 0 Å². The van der Waals surface area contributed by atoms with Crippen LogP contribution in [-0.2, 0) is 18.4 Å². The first-order valence-corrected chi connectivity index (χ1v) is 9.91. The second-order valence-electron chi connectivity index (χ2n) is 7.37. The molecule has 4 rings (SSSR count). The van der Waals surface area contributed by atoms with E-state index in [1.165, 1.54) is 0 Å². The van der Waals surface area contributed by atoms with Crippen LogP contribution in [0.15, 0.2) is 54.6 Å². The maximum atomic E-state index is 12.7. The van der Waals surface area contributed by atoms with Crippen molar-refractivity contribution < 1.29 is 9.59 Å². The van der Waals surface area contributed by atoms with Crippen LogP contribution in [0.25, 0.3) is 11.0 Å². The minimum atomic E-state index is -0.208. The highest BCUT2D eigenvalue weighted by Crippen LogP contribution is 2.19. The summed E-state index contributed by atoms with van der Waals surface area (Å²) in [6.07, 6.45) is 1.59. The summed E-state index contributed by atoms with van der Waals surface area (Å²) in [5.74, 6) is 0.572. The number of anilines is 1. The lowest BCUT2D eigenvalue weighted by Crippen LogP contribution is -2.46. The quantitative estimate of drug-likeness (QED) is 0.717. The number of carbonyl (C=O) groups is 2. The smallest absolute Gasteiger partial charge is 0.321 e. The Hall–Kier alpha value is -3.35. The van der Waals surface area contributed by atoms with Crippen molar-refractivity contribution in [2.45, 2.75) is 19.4 Å². The molecule has 29 heavy (non-hydrogen) atoms. The largest absolute Gasteiger partial charge is 0.349 e. The van der Waals surface area contributed by atoms with Gasteiger partial charge < -0.3 is 20.1 Å². The molecule has 1 fully saturated rings. The minimum Gasteiger partial charge on any atom is -0.349 e. The maximum absolute atomic E-state index is 12.7. The molecule has 0 bridgehead atoms. The number of hydrogen-bond donors (Lipinski definition) is 2. The van der Waals surface area contributed by atoms with Gasteiger partial charge in [-0.3, -0.25) is 4.79 Å². The first kappa shape index (κ1) is 19.0. The lowest BCUT2D eigenvalue weighted by atomic mass is 9.97. The van der Waals surface area contributed by atoms with Crippen LogP contribution in [0.2, 0.25) is 0 Å². The van der Waals surface area contributed by atoms with Crippen LogP contribution in [0.4, 0.5) is 10.5 Å². The number of hydrogen-bond acceptors (Lipinski definition) is 3. The number of nitrogens with one attached hydrogen (secondary N) is 2. The molecule has 0 spiro atoms. The number of nitrogens with zero attached hydrogens (tertiary/aromatic N) is 3. The molecule has 3 aromatic rings. The molecular formula is C22H25N5O2. The van der Waals surface area contributed by atoms with Crippen molar-refractivity contribution in [3.63, 3.8) is 0 Å². The number of aromatic nitrogens is 2. The molecule has 0 unspecified atom stereocenters. The molecule has 150 valence electrons. The van der Waals surface area contributed by atoms with E-state index in [9.17, 15) is 9.59 Å². The van der Waals surface area contributed by atoms with Crippen LogP contribution >= 0.6 is 0 Å². The topological polar surface area (TPSA) is 79.3 Å². The highest BCUT2D eigenvalue weighted by Gasteiger charge is 2.28. The van der Waals surface area contributed by atoms with E-state index in [0.717, 1.165) is 35.4 Å². The maximum Gasteiger partial charge on any atom is 0.321 e. The van der Waals surface area contributed by atoms with Crippen LogP contribution in [-0.4, -0.2) is 39.5 Å². The van der Waals surface area contributed by atoms with Gasteiger partial charge in [0.25, 0.3) is 0 Å². The van der Waals surface area contributed by atoms with E-state index in [0.29, 0.717) is 19.6 Å². The van der Waals surface area contributed by atoms with Gasteiger partial charge >= 0.3 is 6.03 Å². The lowest BCUT2D eigenvalue weighted by Gasteiger charge is -2.32. The van der Waals surface area contributed by atoms with Crippen molar-refractivity contribution in [1.82, 2.24) is 19.8 Å². The summed E-state index contributed by atoms with van der Waals surface area (Å²) in [5, 5.41) is 5.89. The van der Waals surface area contributed by atoms with Gasteiger partial charge in [0.05, 0.1) is 23.5 Å². The van der Waals surface area contributed by atoms with Crippen LogP contribution in [0.5, 0.6) is 0 Å². The van der Waals surface area contributed by atoms with Crippen molar-refractivity contribution in [2.24, 2.45) is 13.0 Å². The number of carbonyl (C=O) groups excluding carboxylic acids is 2. The number of benzene rings is 2. The van der Waals surface area contributed by atoms with Crippen LogP contribution in [0.3, 0.4) is 0 Å². The first-order valence-electron chi connectivity index (χ1n) is 9.91. The Morgan fingerprint density at radius 2 is 1.86 bits per heavy atom. The zero-order valence-corrected chi connectivity index (χ0v) is 16.5. The predicted molar refractivity (Wildman–Crippen MR) is 112 cm³/mol. The number of aryl methyl sites for hydroxylation is 1. The van der Waals surface area contributed by atoms with Crippen molar-refractivity contribution >= 4 is 28.7 Å². The van der Waals surface area contributed by atoms with Crippen molar-refractivity contribution in [3.8, 4) is 0 Å². The molecule has 0 aliphatic carbocycles. The number of fused-ring (bicyclic) bond motifs is 1. The number of urea groups is 1. The number of para-hydroxylation sites is 3. The van der Waals surface area contributed by atoms with Gasteiger partial charge in [-0.15, -0.1) is 0 Å². The Labute approximate surface area is 169 Å². The first-order chi connectivity index (χ1) is 14.1. The third-order valence-corrected chi connectivity index (χ3v) is 5.40. The van der Waals surface area contributed by atoms with Crippen molar-refractivity contribution in [3.05, 3.63) is 60.4 Å². The standard InChI is InChI=1S/C22H25N5O2/c1-26-19-12-6-5-11-18(19)25-20(26)14-23-21(28)16-8-7-13-27(15-16)22(29)24-17-9-3-2-4-10-17/h2-6,9-12,16H,7-8,13-15H2,1H3,(H,23,28)(H,24,29)/t16-/m1/s1. The molecule has 3 amide bonds. The molecule has 0 saturated carbocycles. The van der Waals surface area contributed by atoms with Crippen molar-refractivity contribution in [2.75, 3.05) is 18.4 Å². The normalized spacial score (nSPS) is 16.6. The van der Waals surface area contributed by atoms with Gasteiger partial charge in [0.2, 0.25) is 5.91 Å². The molecular weight excluding hydrogens is 366 g/mol. The second kappa shape index (κ2) is 8.34. The molecule has 0 radical (unpaired) electrons. The molecule has 1 aliphatic heterocycles. The zero-order valence-electron chi connectivity index (χ0n) is 16.5. The summed E-state index contributed by atoms with van der Waals surface area (Å²) < 4.78 is 2.00. The Balaban J connectivity index is 1.34. The van der Waals surface area contributed by atoms with E-state index >= 15 is 0 Å². The molecule has 2 N–H and O–H groups in total. The third-order valence-electron chi connectivity index (χ3n) is 5.40. The zero-order chi connectivity index (χ0) is 20.2. The van der Waals surface area contributed by atoms with E-state index in [1.807, 2.05) is 66.2 Å². The van der Waals surface area contributed by atoms with Crippen LogP contribution in [0.1, 0.15) is 18.7 Å². The number of amides is 3. The summed E-state index contributed by atoms with van der Waals surface area (Å²) >= 11 is 0. The van der Waals surface area contributed by atoms with Gasteiger partial charge in [-0.05, 0) is 37.1 Å². The average molecular weight is 391 g/mol. The fourth-order valence-corrected chi connectivity index (χ4v) is 3.76. The van der Waals surface area contributed by atoms with E-state index < -0.39 is 0 Å². The molecule has 1 saturated heterocycles. The van der Waals surface area contributed by atoms with E-state index in [1.54, 1.807) is 4.90 Å². The molecule has 1 atom stereocenters. The molecule has 7 heteroatoms. The van der Waals surface area contributed by atoms with E-state index in [2.05, 4.69) is 15.6 Å². The van der Waals surface area contributed by atoms with Gasteiger partial charge in [-0.2, -0.15) is 0 Å². The van der Waals surface area contributed by atoms with Gasteiger partial charge in [0.15, 0.2) is 0 Å². The summed E-state index contributed by atoms with van der Waals surface area (Å²) in [7, 11) is 1.95. The van der Waals surface area contributed by atoms with Crippen LogP contribution < -0.4 is 10.6 Å². The summed E-state index contributed by atoms with van der Waals surface area (Å²) in [6.45, 7) is 1.46. The number of imidazole rings is 1. The number of piperidine rings is 1. The fourth-order valence-electron chi connectivity index (χ4n) is 3.76. The van der Waals surface area contributed by atoms with Crippen LogP contribution in [0, 0.1) is 5.92 Å². The Morgan fingerprint density at radius 1 is 1.10 bits per heavy atom. The van der Waals surface area contributed by atoms with Gasteiger partial charge in [0, 0.05) is 25.8 Å². The Bertz CT molecular complexity index is 1010. The molecule has 2 heterocycles. The van der Waals surface area contributed by atoms with E-state index in [4.69, 9.17) is 0 Å². The van der Waals surface area contributed by atoms with Gasteiger partial charge in [0.1, 0.15) is 5.82 Å². The highest BCUT2D eigenvalue weighted by molar-refractivity contribution is 5.90. The van der Waals surface area contributed by atoms with Gasteiger partial charge in [-0.25, -0.2) is 9.78 Å². The second-order valence-corrected chi connectivity index (χ2v) is 7.37. The van der Waals surface area contributed by atoms with Gasteiger partial charge in [-0.1, -0.05) is 30.3 Å². The Morgan fingerprint density at radius 3 is 2.66 bits per heavy atom. The SMILES string of the molecule is Cn1c(CNC(=O)[C@@H]2CCCN(C(=O)Nc3ccccc3)C2)nc2ccccc21. The molecule has 1 aromatic heterocycles. The highest BCUT2D eigenvalue weighted by atomic mass is 16.2. The Kier molecular flexibility index (Phi) is 5.46. The average Bonchev–Trinajstić information content (AvgIpc) is 3.08. The summed E-state index contributed by atoms with van der Waals surface area (Å²) in [5.41, 5.74) is 2.71. The molecule has 1 aliphatic rings. The lowest BCUT2D eigenvalue weighted by molar-refractivity contribution is -0.126. The summed E-state index contributed by atoms with van der Waals surface area (Å²) in [4.78, 5) is 31.6. The summed E-state index contributed by atoms with van der Waals surface area (Å²) in [6, 6.07) is 17.1. The monoisotopic (exact) mass is 391 g/mol. The third kappa shape index (κ3) is 4.23. The number of rotatable bonds is 4.